The molecule has 1 atom stereocenters. The summed E-state index contributed by atoms with van der Waals surface area (Å²) in [6.45, 7) is 0.759. The van der Waals surface area contributed by atoms with Crippen molar-refractivity contribution in [1.29, 1.82) is 0 Å². The van der Waals surface area contributed by atoms with Gasteiger partial charge in [0.2, 0.25) is 0 Å². The van der Waals surface area contributed by atoms with Crippen LogP contribution in [0.15, 0.2) is 0 Å². The molecule has 7 heavy (non-hydrogen) atoms. The van der Waals surface area contributed by atoms with Crippen LogP contribution >= 0.6 is 24.8 Å². The molecule has 0 saturated carbocycles. The van der Waals surface area contributed by atoms with Crippen LogP contribution in [-0.4, -0.2) is 15.9 Å². The Morgan fingerprint density at radius 2 is 2.71 bits per heavy atom. The summed E-state index contributed by atoms with van der Waals surface area (Å²) < 4.78 is 1.75. The van der Waals surface area contributed by atoms with E-state index in [1.807, 2.05) is 0 Å². The third-order valence-electron chi connectivity index (χ3n) is 0.663. The van der Waals surface area contributed by atoms with Crippen molar-refractivity contribution in [2.24, 2.45) is 5.73 Å². The molecule has 1 rings (SSSR count). The third kappa shape index (κ3) is 1.50. The first-order valence-electron chi connectivity index (χ1n) is 1.91. The predicted molar refractivity (Wildman–Crippen MR) is 34.4 cm³/mol. The van der Waals surface area contributed by atoms with E-state index >= 15 is 0 Å². The zero-order chi connectivity index (χ0) is 5.28. The van der Waals surface area contributed by atoms with Crippen molar-refractivity contribution in [3.63, 3.8) is 0 Å². The van der Waals surface area contributed by atoms with Gasteiger partial charge in [0.15, 0.2) is 0 Å². The van der Waals surface area contributed by atoms with Crippen LogP contribution in [0.3, 0.4) is 0 Å². The van der Waals surface area contributed by atoms with Crippen LogP contribution in [0.4, 0.5) is 0 Å². The summed E-state index contributed by atoms with van der Waals surface area (Å²) in [5, 5.41) is 2.96. The zero-order valence-corrected chi connectivity index (χ0v) is 5.38. The van der Waals surface area contributed by atoms with Crippen LogP contribution in [0, 0.1) is 0 Å². The highest BCUT2D eigenvalue weighted by molar-refractivity contribution is 8.06. The second kappa shape index (κ2) is 2.23. The normalized spacial score (nSPS) is 34.3. The van der Waals surface area contributed by atoms with Gasteiger partial charge in [0.25, 0.3) is 0 Å². The van der Waals surface area contributed by atoms with Gasteiger partial charge < -0.3 is 5.73 Å². The average Bonchev–Trinajstić information content (AvgIpc) is 1.87. The maximum atomic E-state index is 5.39. The van der Waals surface area contributed by atoms with E-state index in [0.29, 0.717) is 0 Å². The summed E-state index contributed by atoms with van der Waals surface area (Å²) in [6, 6.07) is 0. The molecule has 1 heterocycles. The molecule has 0 aromatic carbocycles. The number of nitrogens with one attached hydrogen (secondary N) is 1. The molecule has 1 unspecified atom stereocenters. The monoisotopic (exact) mass is 137 g/mol. The Hall–Kier alpha value is 0.580. The van der Waals surface area contributed by atoms with Crippen molar-refractivity contribution in [2.75, 3.05) is 6.67 Å². The lowest BCUT2D eigenvalue weighted by molar-refractivity contribution is 0.638. The first-order valence-corrected chi connectivity index (χ1v) is 3.15. The number of hydrogen-bond acceptors (Lipinski definition) is 5. The Kier molecular flexibility index (Phi) is 1.82. The summed E-state index contributed by atoms with van der Waals surface area (Å²) in [7, 11) is 0. The minimum Gasteiger partial charge on any atom is -0.306 e. The van der Waals surface area contributed by atoms with Crippen molar-refractivity contribution in [3.8, 4) is 0 Å². The Bertz CT molecular complexity index is 60.0. The van der Waals surface area contributed by atoms with Gasteiger partial charge >= 0.3 is 0 Å². The Labute approximate surface area is 52.3 Å². The van der Waals surface area contributed by atoms with Crippen LogP contribution in [0.25, 0.3) is 0 Å². The molecule has 42 valence electrons. The van der Waals surface area contributed by atoms with Gasteiger partial charge in [0.1, 0.15) is 5.50 Å². The Morgan fingerprint density at radius 3 is 2.86 bits per heavy atom. The predicted octanol–water partition coefficient (Wildman–Crippen LogP) is -0.416. The third-order valence-corrected chi connectivity index (χ3v) is 1.85. The molecule has 1 saturated heterocycles. The average molecular weight is 137 g/mol. The summed E-state index contributed by atoms with van der Waals surface area (Å²) >= 11 is 5.49. The molecule has 0 amide bonds. The molecule has 0 spiro atoms. The van der Waals surface area contributed by atoms with Gasteiger partial charge in [-0.15, -0.1) is 0 Å². The van der Waals surface area contributed by atoms with Gasteiger partial charge in [0.05, 0.1) is 6.67 Å². The van der Waals surface area contributed by atoms with Gasteiger partial charge in [-0.2, -0.15) is 3.71 Å². The minimum atomic E-state index is 0.0394. The van der Waals surface area contributed by atoms with Gasteiger partial charge in [-0.25, -0.2) is 0 Å². The van der Waals surface area contributed by atoms with Crippen molar-refractivity contribution >= 4 is 24.8 Å². The van der Waals surface area contributed by atoms with Crippen molar-refractivity contribution in [2.45, 2.75) is 5.50 Å². The molecule has 0 bridgehead atoms. The highest BCUT2D eigenvalue weighted by Crippen LogP contribution is 2.17. The first-order chi connectivity index (χ1) is 3.29. The molecule has 1 aliphatic rings. The molecule has 1 fully saturated rings. The number of thiol groups is 1. The molecule has 3 nitrogen and oxygen atoms in total. The smallest absolute Gasteiger partial charge is 0.119 e. The molecular formula is C2H7N3S2. The second-order valence-corrected chi connectivity index (χ2v) is 3.15. The van der Waals surface area contributed by atoms with E-state index in [4.69, 9.17) is 5.73 Å². The lowest BCUT2D eigenvalue weighted by atomic mass is 11.0. The van der Waals surface area contributed by atoms with E-state index in [1.54, 1.807) is 3.71 Å². The first kappa shape index (κ1) is 5.71. The molecular weight excluding hydrogens is 130 g/mol. The van der Waals surface area contributed by atoms with Gasteiger partial charge in [0, 0.05) is 0 Å². The summed E-state index contributed by atoms with van der Waals surface area (Å²) in [5.41, 5.74) is 5.43. The Balaban J connectivity index is 2.26. The standard InChI is InChI=1S/C2H7N3S2/c3-2-4-1-5(6)7-2/h2,4,6H,1,3H2. The second-order valence-electron chi connectivity index (χ2n) is 1.24. The highest BCUT2D eigenvalue weighted by atomic mass is 32.2. The molecule has 0 aliphatic carbocycles. The largest absolute Gasteiger partial charge is 0.306 e. The van der Waals surface area contributed by atoms with E-state index in [2.05, 4.69) is 18.1 Å². The quantitative estimate of drug-likeness (QED) is 0.313. The molecule has 0 aromatic rings. The zero-order valence-electron chi connectivity index (χ0n) is 3.66. The van der Waals surface area contributed by atoms with Crippen LogP contribution < -0.4 is 11.1 Å². The number of hydrogen-bond donors (Lipinski definition) is 3. The number of rotatable bonds is 0. The fraction of sp³-hybridized carbons (Fsp3) is 1.00. The highest BCUT2D eigenvalue weighted by Gasteiger charge is 2.14. The Morgan fingerprint density at radius 1 is 2.00 bits per heavy atom. The summed E-state index contributed by atoms with van der Waals surface area (Å²) in [5.74, 6) is 0. The van der Waals surface area contributed by atoms with E-state index < -0.39 is 0 Å². The van der Waals surface area contributed by atoms with E-state index in [9.17, 15) is 0 Å². The topological polar surface area (TPSA) is 41.3 Å². The van der Waals surface area contributed by atoms with Crippen LogP contribution in [0.5, 0.6) is 0 Å². The molecule has 5 heteroatoms. The minimum absolute atomic E-state index is 0.0394. The summed E-state index contributed by atoms with van der Waals surface area (Å²) in [4.78, 5) is 0. The van der Waals surface area contributed by atoms with Crippen molar-refractivity contribution < 1.29 is 0 Å². The fourth-order valence-corrected chi connectivity index (χ4v) is 1.32. The molecule has 0 radical (unpaired) electrons. The maximum Gasteiger partial charge on any atom is 0.119 e. The van der Waals surface area contributed by atoms with Crippen LogP contribution in [-0.2, 0) is 0 Å². The number of nitrogens with zero attached hydrogens (tertiary/aromatic N) is 1. The summed E-state index contributed by atoms with van der Waals surface area (Å²) in [6.07, 6.45) is 0. The van der Waals surface area contributed by atoms with E-state index in [1.165, 1.54) is 11.9 Å². The van der Waals surface area contributed by atoms with Crippen molar-refractivity contribution in [3.05, 3.63) is 0 Å². The fourth-order valence-electron chi connectivity index (χ4n) is 0.374. The van der Waals surface area contributed by atoms with E-state index in [0.717, 1.165) is 6.67 Å². The lowest BCUT2D eigenvalue weighted by Gasteiger charge is -1.98. The molecule has 1 aliphatic heterocycles. The van der Waals surface area contributed by atoms with Gasteiger partial charge in [-0.1, -0.05) is 12.8 Å². The van der Waals surface area contributed by atoms with Gasteiger partial charge in [-0.3, -0.25) is 5.32 Å². The maximum absolute atomic E-state index is 5.39. The van der Waals surface area contributed by atoms with Gasteiger partial charge in [-0.05, 0) is 11.9 Å². The van der Waals surface area contributed by atoms with Crippen molar-refractivity contribution in [1.82, 2.24) is 9.03 Å². The lowest BCUT2D eigenvalue weighted by Crippen LogP contribution is -2.28. The number of nitrogens with two attached hydrogens (primary N) is 1. The van der Waals surface area contributed by atoms with Crippen LogP contribution in [0.2, 0.25) is 0 Å². The SMILES string of the molecule is NC1NCN(S)S1. The van der Waals surface area contributed by atoms with Crippen LogP contribution in [0.1, 0.15) is 0 Å². The molecule has 3 N–H and O–H groups in total. The van der Waals surface area contributed by atoms with E-state index in [-0.39, 0.29) is 5.50 Å². The molecule has 0 aromatic heterocycles.